The summed E-state index contributed by atoms with van der Waals surface area (Å²) in [5.74, 6) is 0.0578. The highest BCUT2D eigenvalue weighted by Crippen LogP contribution is 2.27. The Kier molecular flexibility index (Phi) is 4.82. The van der Waals surface area contributed by atoms with Gasteiger partial charge in [0.15, 0.2) is 0 Å². The van der Waals surface area contributed by atoms with Crippen LogP contribution in [0.1, 0.15) is 27.9 Å². The van der Waals surface area contributed by atoms with E-state index in [1.165, 1.54) is 6.20 Å². The third-order valence-corrected chi connectivity index (χ3v) is 4.59. The summed E-state index contributed by atoms with van der Waals surface area (Å²) in [5.41, 5.74) is 10.2. The van der Waals surface area contributed by atoms with E-state index < -0.39 is 5.91 Å². The van der Waals surface area contributed by atoms with Gasteiger partial charge in [0.2, 0.25) is 11.9 Å². The molecule has 0 bridgehead atoms. The molecular weight excluding hydrogens is 368 g/mol. The molecule has 1 aliphatic heterocycles. The molecule has 1 aliphatic rings. The van der Waals surface area contributed by atoms with Gasteiger partial charge in [0.25, 0.3) is 5.91 Å². The Morgan fingerprint density at radius 2 is 1.93 bits per heavy atom. The zero-order valence-electron chi connectivity index (χ0n) is 15.8. The monoisotopic (exact) mass is 388 g/mol. The first-order valence-corrected chi connectivity index (χ1v) is 9.18. The molecule has 0 saturated carbocycles. The second-order valence-electron chi connectivity index (χ2n) is 6.86. The SMILES string of the molecule is Cc1cccc(Nc2nc(Nc3ccc4c(c3)CCC(=O)N4)ncc2C(N)=O)c1. The number of carbonyl (C=O) groups is 2. The highest BCUT2D eigenvalue weighted by Gasteiger charge is 2.16. The largest absolute Gasteiger partial charge is 0.365 e. The number of aryl methyl sites for hydroxylation is 2. The van der Waals surface area contributed by atoms with Gasteiger partial charge in [-0.2, -0.15) is 4.98 Å². The normalized spacial score (nSPS) is 12.7. The molecule has 0 fully saturated rings. The van der Waals surface area contributed by atoms with Gasteiger partial charge in [0.05, 0.1) is 0 Å². The fourth-order valence-corrected chi connectivity index (χ4v) is 3.17. The van der Waals surface area contributed by atoms with Crippen molar-refractivity contribution in [3.05, 3.63) is 65.4 Å². The van der Waals surface area contributed by atoms with Crippen molar-refractivity contribution in [2.75, 3.05) is 16.0 Å². The second-order valence-corrected chi connectivity index (χ2v) is 6.86. The van der Waals surface area contributed by atoms with Gasteiger partial charge in [-0.05, 0) is 54.8 Å². The quantitative estimate of drug-likeness (QED) is 0.532. The number of fused-ring (bicyclic) bond motifs is 1. The minimum atomic E-state index is -0.615. The first-order chi connectivity index (χ1) is 14.0. The van der Waals surface area contributed by atoms with Gasteiger partial charge in [-0.1, -0.05) is 12.1 Å². The second kappa shape index (κ2) is 7.59. The van der Waals surface area contributed by atoms with E-state index in [-0.39, 0.29) is 11.5 Å². The highest BCUT2D eigenvalue weighted by molar-refractivity contribution is 5.98. The summed E-state index contributed by atoms with van der Waals surface area (Å²) in [5, 5.41) is 9.13. The van der Waals surface area contributed by atoms with E-state index in [0.717, 1.165) is 28.2 Å². The van der Waals surface area contributed by atoms with Gasteiger partial charge in [-0.25, -0.2) is 4.98 Å². The third-order valence-electron chi connectivity index (χ3n) is 4.59. The molecule has 0 saturated heterocycles. The molecule has 0 radical (unpaired) electrons. The maximum atomic E-state index is 11.8. The molecule has 0 spiro atoms. The number of primary amides is 1. The molecule has 2 amide bonds. The Morgan fingerprint density at radius 1 is 1.10 bits per heavy atom. The molecule has 8 heteroatoms. The van der Waals surface area contributed by atoms with E-state index in [1.54, 1.807) is 0 Å². The van der Waals surface area contributed by atoms with Crippen LogP contribution < -0.4 is 21.7 Å². The Bertz CT molecular complexity index is 1110. The van der Waals surface area contributed by atoms with Crippen LogP contribution in [0.5, 0.6) is 0 Å². The molecule has 4 rings (SSSR count). The van der Waals surface area contributed by atoms with E-state index in [1.807, 2.05) is 49.4 Å². The van der Waals surface area contributed by atoms with Crippen LogP contribution in [-0.2, 0) is 11.2 Å². The maximum Gasteiger partial charge on any atom is 0.254 e. The number of hydrogen-bond donors (Lipinski definition) is 4. The summed E-state index contributed by atoms with van der Waals surface area (Å²) in [7, 11) is 0. The molecule has 0 atom stereocenters. The molecule has 5 N–H and O–H groups in total. The molecule has 1 aromatic heterocycles. The predicted molar refractivity (Wildman–Crippen MR) is 112 cm³/mol. The first kappa shape index (κ1) is 18.4. The van der Waals surface area contributed by atoms with E-state index in [4.69, 9.17) is 5.73 Å². The summed E-state index contributed by atoms with van der Waals surface area (Å²) in [6.45, 7) is 1.98. The fourth-order valence-electron chi connectivity index (χ4n) is 3.17. The van der Waals surface area contributed by atoms with E-state index in [2.05, 4.69) is 25.9 Å². The van der Waals surface area contributed by atoms with Gasteiger partial charge in [0.1, 0.15) is 11.4 Å². The van der Waals surface area contributed by atoms with Crippen molar-refractivity contribution in [3.63, 3.8) is 0 Å². The zero-order chi connectivity index (χ0) is 20.4. The molecule has 0 aliphatic carbocycles. The number of anilines is 5. The van der Waals surface area contributed by atoms with Crippen LogP contribution in [-0.4, -0.2) is 21.8 Å². The van der Waals surface area contributed by atoms with E-state index in [9.17, 15) is 9.59 Å². The Morgan fingerprint density at radius 3 is 2.72 bits per heavy atom. The lowest BCUT2D eigenvalue weighted by atomic mass is 10.0. The van der Waals surface area contributed by atoms with Crippen molar-refractivity contribution in [1.29, 1.82) is 0 Å². The fraction of sp³-hybridized carbons (Fsp3) is 0.143. The minimum absolute atomic E-state index is 0.0236. The molecule has 8 nitrogen and oxygen atoms in total. The van der Waals surface area contributed by atoms with Crippen LogP contribution in [0.2, 0.25) is 0 Å². The maximum absolute atomic E-state index is 11.8. The summed E-state index contributed by atoms with van der Waals surface area (Å²) in [6.07, 6.45) is 2.54. The van der Waals surface area contributed by atoms with Crippen molar-refractivity contribution in [2.45, 2.75) is 19.8 Å². The third kappa shape index (κ3) is 4.16. The number of aromatic nitrogens is 2. The van der Waals surface area contributed by atoms with Gasteiger partial charge >= 0.3 is 0 Å². The number of nitrogens with one attached hydrogen (secondary N) is 3. The first-order valence-electron chi connectivity index (χ1n) is 9.18. The number of carbonyl (C=O) groups excluding carboxylic acids is 2. The van der Waals surface area contributed by atoms with Gasteiger partial charge in [0, 0.05) is 29.7 Å². The number of benzene rings is 2. The smallest absolute Gasteiger partial charge is 0.254 e. The van der Waals surface area contributed by atoms with Crippen molar-refractivity contribution < 1.29 is 9.59 Å². The summed E-state index contributed by atoms with van der Waals surface area (Å²) in [4.78, 5) is 31.9. The molecule has 29 heavy (non-hydrogen) atoms. The molecule has 3 aromatic rings. The van der Waals surface area contributed by atoms with Crippen LogP contribution in [0.3, 0.4) is 0 Å². The number of amides is 2. The Labute approximate surface area is 167 Å². The summed E-state index contributed by atoms with van der Waals surface area (Å²) in [6, 6.07) is 13.3. The van der Waals surface area contributed by atoms with Crippen molar-refractivity contribution in [1.82, 2.24) is 9.97 Å². The zero-order valence-corrected chi connectivity index (χ0v) is 15.8. The highest BCUT2D eigenvalue weighted by atomic mass is 16.2. The molecule has 146 valence electrons. The van der Waals surface area contributed by atoms with Crippen LogP contribution in [0, 0.1) is 6.92 Å². The van der Waals surface area contributed by atoms with Crippen LogP contribution >= 0.6 is 0 Å². The molecule has 2 aromatic carbocycles. The van der Waals surface area contributed by atoms with Crippen LogP contribution in [0.15, 0.2) is 48.7 Å². The standard InChI is InChI=1S/C21H20N6O2/c1-12-3-2-4-14(9-12)24-20-16(19(22)29)11-23-21(27-20)25-15-6-7-17-13(10-15)5-8-18(28)26-17/h2-4,6-7,9-11H,5,8H2,1H3,(H2,22,29)(H,26,28)(H2,23,24,25,27). The van der Waals surface area contributed by atoms with Gasteiger partial charge in [-0.3, -0.25) is 9.59 Å². The molecule has 0 unspecified atom stereocenters. The number of rotatable bonds is 5. The summed E-state index contributed by atoms with van der Waals surface area (Å²) < 4.78 is 0. The van der Waals surface area contributed by atoms with Crippen LogP contribution in [0.25, 0.3) is 0 Å². The Hall–Kier alpha value is -3.94. The lowest BCUT2D eigenvalue weighted by Gasteiger charge is -2.18. The van der Waals surface area contributed by atoms with Crippen molar-refractivity contribution in [3.8, 4) is 0 Å². The molecule has 2 heterocycles. The van der Waals surface area contributed by atoms with Crippen molar-refractivity contribution in [2.24, 2.45) is 5.73 Å². The average Bonchev–Trinajstić information content (AvgIpc) is 2.68. The lowest BCUT2D eigenvalue weighted by Crippen LogP contribution is -2.19. The average molecular weight is 388 g/mol. The number of hydrogen-bond acceptors (Lipinski definition) is 6. The number of nitrogens with zero attached hydrogens (tertiary/aromatic N) is 2. The minimum Gasteiger partial charge on any atom is -0.365 e. The predicted octanol–water partition coefficient (Wildman–Crippen LogP) is 3.26. The van der Waals surface area contributed by atoms with E-state index in [0.29, 0.717) is 24.6 Å². The lowest BCUT2D eigenvalue weighted by molar-refractivity contribution is -0.116. The van der Waals surface area contributed by atoms with E-state index >= 15 is 0 Å². The van der Waals surface area contributed by atoms with Gasteiger partial charge in [-0.15, -0.1) is 0 Å². The Balaban J connectivity index is 1.61. The summed E-state index contributed by atoms with van der Waals surface area (Å²) >= 11 is 0. The number of nitrogens with two attached hydrogens (primary N) is 1. The topological polar surface area (TPSA) is 122 Å². The van der Waals surface area contributed by atoms with Gasteiger partial charge < -0.3 is 21.7 Å². The van der Waals surface area contributed by atoms with Crippen LogP contribution in [0.4, 0.5) is 28.8 Å². The molecular formula is C21H20N6O2. The van der Waals surface area contributed by atoms with Crippen molar-refractivity contribution >= 4 is 40.6 Å².